The fourth-order valence-electron chi connectivity index (χ4n) is 2.58. The Labute approximate surface area is 110 Å². The molecule has 1 aliphatic rings. The van der Waals surface area contributed by atoms with E-state index in [9.17, 15) is 0 Å². The minimum Gasteiger partial charge on any atom is -0.377 e. The summed E-state index contributed by atoms with van der Waals surface area (Å²) in [5.74, 6) is 0. The van der Waals surface area contributed by atoms with E-state index in [2.05, 4.69) is 23.5 Å². The zero-order valence-electron chi connectivity index (χ0n) is 11.6. The molecule has 0 aromatic carbocycles. The van der Waals surface area contributed by atoms with Gasteiger partial charge in [0.1, 0.15) is 0 Å². The molecule has 0 aliphatic carbocycles. The predicted octanol–water partition coefficient (Wildman–Crippen LogP) is 1.90. The maximum Gasteiger partial charge on any atom is 0.0731 e. The lowest BCUT2D eigenvalue weighted by molar-refractivity contribution is -0.00738. The molecule has 2 unspecified atom stereocenters. The lowest BCUT2D eigenvalue weighted by Crippen LogP contribution is -2.44. The summed E-state index contributed by atoms with van der Waals surface area (Å²) in [4.78, 5) is 0. The summed E-state index contributed by atoms with van der Waals surface area (Å²) in [6.07, 6.45) is 10.3. The summed E-state index contributed by atoms with van der Waals surface area (Å²) >= 11 is 0. The first-order valence-electron chi connectivity index (χ1n) is 7.12. The van der Waals surface area contributed by atoms with Crippen LogP contribution in [0.2, 0.25) is 0 Å². The molecular weight excluding hydrogens is 226 g/mol. The van der Waals surface area contributed by atoms with E-state index >= 15 is 0 Å². The first kappa shape index (κ1) is 13.6. The Balaban J connectivity index is 1.94. The molecule has 4 heteroatoms. The maximum atomic E-state index is 5.93. The van der Waals surface area contributed by atoms with Crippen LogP contribution in [-0.2, 0) is 18.2 Å². The minimum absolute atomic E-state index is 0.366. The van der Waals surface area contributed by atoms with Crippen molar-refractivity contribution in [2.75, 3.05) is 13.2 Å². The number of aryl methyl sites for hydroxylation is 1. The molecule has 2 atom stereocenters. The Morgan fingerprint density at radius 2 is 2.44 bits per heavy atom. The second-order valence-electron chi connectivity index (χ2n) is 5.19. The number of hydrogen-bond donors (Lipinski definition) is 1. The molecule has 1 aromatic rings. The van der Waals surface area contributed by atoms with Crippen molar-refractivity contribution in [3.8, 4) is 0 Å². The second kappa shape index (κ2) is 6.90. The third-order valence-electron chi connectivity index (χ3n) is 3.53. The lowest BCUT2D eigenvalue weighted by atomic mass is 9.97. The monoisotopic (exact) mass is 251 g/mol. The summed E-state index contributed by atoms with van der Waals surface area (Å²) in [5, 5.41) is 7.88. The quantitative estimate of drug-likeness (QED) is 0.839. The standard InChI is InChI=1S/C14H25N3O/c1-3-7-15-13(14-6-4-5-8-18-14)9-12-10-16-17(2)11-12/h10-11,13-15H,3-9H2,1-2H3. The highest BCUT2D eigenvalue weighted by Crippen LogP contribution is 2.18. The number of hydrogen-bond acceptors (Lipinski definition) is 3. The molecule has 2 heterocycles. The molecule has 1 aliphatic heterocycles. The predicted molar refractivity (Wildman–Crippen MR) is 72.6 cm³/mol. The van der Waals surface area contributed by atoms with Crippen molar-refractivity contribution >= 4 is 0 Å². The van der Waals surface area contributed by atoms with Gasteiger partial charge in [0.15, 0.2) is 0 Å². The Morgan fingerprint density at radius 3 is 3.06 bits per heavy atom. The zero-order valence-corrected chi connectivity index (χ0v) is 11.6. The van der Waals surface area contributed by atoms with Crippen LogP contribution in [0.5, 0.6) is 0 Å². The molecule has 1 N–H and O–H groups in total. The lowest BCUT2D eigenvalue weighted by Gasteiger charge is -2.31. The van der Waals surface area contributed by atoms with E-state index in [0.29, 0.717) is 12.1 Å². The van der Waals surface area contributed by atoms with E-state index in [1.165, 1.54) is 24.8 Å². The molecule has 102 valence electrons. The molecule has 1 aromatic heterocycles. The van der Waals surface area contributed by atoms with Gasteiger partial charge in [-0.25, -0.2) is 0 Å². The van der Waals surface area contributed by atoms with Gasteiger partial charge in [-0.1, -0.05) is 6.92 Å². The fourth-order valence-corrected chi connectivity index (χ4v) is 2.58. The van der Waals surface area contributed by atoms with Crippen LogP contribution in [0.25, 0.3) is 0 Å². The summed E-state index contributed by atoms with van der Waals surface area (Å²) in [5.41, 5.74) is 1.29. The van der Waals surface area contributed by atoms with Gasteiger partial charge in [0.2, 0.25) is 0 Å². The highest BCUT2D eigenvalue weighted by molar-refractivity contribution is 5.07. The third kappa shape index (κ3) is 3.82. The first-order valence-corrected chi connectivity index (χ1v) is 7.12. The van der Waals surface area contributed by atoms with Crippen LogP contribution in [-0.4, -0.2) is 35.1 Å². The molecule has 0 radical (unpaired) electrons. The van der Waals surface area contributed by atoms with E-state index in [1.54, 1.807) is 0 Å². The summed E-state index contributed by atoms with van der Waals surface area (Å²) in [6.45, 7) is 4.18. The van der Waals surface area contributed by atoms with Crippen LogP contribution in [0.15, 0.2) is 12.4 Å². The molecular formula is C14H25N3O. The van der Waals surface area contributed by atoms with Crippen LogP contribution >= 0.6 is 0 Å². The van der Waals surface area contributed by atoms with Gasteiger partial charge in [0, 0.05) is 25.9 Å². The third-order valence-corrected chi connectivity index (χ3v) is 3.53. The number of aromatic nitrogens is 2. The van der Waals surface area contributed by atoms with Gasteiger partial charge in [-0.05, 0) is 44.2 Å². The molecule has 0 spiro atoms. The average Bonchev–Trinajstić information content (AvgIpc) is 2.81. The highest BCUT2D eigenvalue weighted by Gasteiger charge is 2.24. The number of rotatable bonds is 6. The fraction of sp³-hybridized carbons (Fsp3) is 0.786. The first-order chi connectivity index (χ1) is 8.79. The maximum absolute atomic E-state index is 5.93. The van der Waals surface area contributed by atoms with E-state index < -0.39 is 0 Å². The summed E-state index contributed by atoms with van der Waals surface area (Å²) in [6, 6.07) is 0.425. The van der Waals surface area contributed by atoms with Crippen LogP contribution in [0, 0.1) is 0 Å². The summed E-state index contributed by atoms with van der Waals surface area (Å²) in [7, 11) is 1.97. The van der Waals surface area contributed by atoms with Crippen molar-refractivity contribution < 1.29 is 4.74 Å². The van der Waals surface area contributed by atoms with Crippen molar-refractivity contribution in [2.24, 2.45) is 7.05 Å². The van der Waals surface area contributed by atoms with Crippen LogP contribution in [0.3, 0.4) is 0 Å². The van der Waals surface area contributed by atoms with E-state index in [0.717, 1.165) is 26.0 Å². The highest BCUT2D eigenvalue weighted by atomic mass is 16.5. The van der Waals surface area contributed by atoms with Crippen molar-refractivity contribution in [1.82, 2.24) is 15.1 Å². The molecule has 1 fully saturated rings. The van der Waals surface area contributed by atoms with Gasteiger partial charge in [-0.15, -0.1) is 0 Å². The van der Waals surface area contributed by atoms with Gasteiger partial charge >= 0.3 is 0 Å². The van der Waals surface area contributed by atoms with Gasteiger partial charge in [-0.2, -0.15) is 5.10 Å². The molecule has 2 rings (SSSR count). The van der Waals surface area contributed by atoms with Crippen molar-refractivity contribution in [3.63, 3.8) is 0 Å². The zero-order chi connectivity index (χ0) is 12.8. The van der Waals surface area contributed by atoms with Gasteiger partial charge in [0.05, 0.1) is 12.3 Å². The van der Waals surface area contributed by atoms with Crippen LogP contribution < -0.4 is 5.32 Å². The Kier molecular flexibility index (Phi) is 5.20. The van der Waals surface area contributed by atoms with E-state index in [1.807, 2.05) is 17.9 Å². The molecule has 0 bridgehead atoms. The number of ether oxygens (including phenoxy) is 1. The largest absolute Gasteiger partial charge is 0.377 e. The SMILES string of the molecule is CCCNC(Cc1cnn(C)c1)C1CCCCO1. The molecule has 18 heavy (non-hydrogen) atoms. The number of nitrogens with zero attached hydrogens (tertiary/aromatic N) is 2. The smallest absolute Gasteiger partial charge is 0.0731 e. The van der Waals surface area contributed by atoms with Crippen molar-refractivity contribution in [2.45, 2.75) is 51.2 Å². The molecule has 4 nitrogen and oxygen atoms in total. The average molecular weight is 251 g/mol. The van der Waals surface area contributed by atoms with E-state index in [4.69, 9.17) is 4.74 Å². The Morgan fingerprint density at radius 1 is 1.56 bits per heavy atom. The second-order valence-corrected chi connectivity index (χ2v) is 5.19. The summed E-state index contributed by atoms with van der Waals surface area (Å²) < 4.78 is 7.80. The van der Waals surface area contributed by atoms with Gasteiger partial charge in [0.25, 0.3) is 0 Å². The van der Waals surface area contributed by atoms with Crippen molar-refractivity contribution in [1.29, 1.82) is 0 Å². The Hall–Kier alpha value is -0.870. The van der Waals surface area contributed by atoms with Crippen LogP contribution in [0.4, 0.5) is 0 Å². The molecule has 1 saturated heterocycles. The van der Waals surface area contributed by atoms with Gasteiger partial charge in [-0.3, -0.25) is 4.68 Å². The van der Waals surface area contributed by atoms with Gasteiger partial charge < -0.3 is 10.1 Å². The van der Waals surface area contributed by atoms with E-state index in [-0.39, 0.29) is 0 Å². The minimum atomic E-state index is 0.366. The van der Waals surface area contributed by atoms with Crippen molar-refractivity contribution in [3.05, 3.63) is 18.0 Å². The van der Waals surface area contributed by atoms with Crippen LogP contribution in [0.1, 0.15) is 38.2 Å². The Bertz CT molecular complexity index is 345. The molecule has 0 amide bonds. The topological polar surface area (TPSA) is 39.1 Å². The normalized spacial score (nSPS) is 22.0. The molecule has 0 saturated carbocycles. The number of nitrogens with one attached hydrogen (secondary N) is 1.